The van der Waals surface area contributed by atoms with Crippen LogP contribution in [0.3, 0.4) is 0 Å². The van der Waals surface area contributed by atoms with Crippen molar-refractivity contribution in [3.8, 4) is 5.75 Å². The minimum absolute atomic E-state index is 0.0164. The molecule has 2 aliphatic heterocycles. The van der Waals surface area contributed by atoms with Gasteiger partial charge in [-0.15, -0.1) is 0 Å². The number of benzene rings is 1. The van der Waals surface area contributed by atoms with Gasteiger partial charge in [0.25, 0.3) is 0 Å². The number of nitrogens with zero attached hydrogens (tertiary/aromatic N) is 3. The fraction of sp³-hybridized carbons (Fsp3) is 0.455. The molecule has 30 heavy (non-hydrogen) atoms. The largest absolute Gasteiger partial charge is 0.492 e. The van der Waals surface area contributed by atoms with Crippen molar-refractivity contribution >= 4 is 23.4 Å². The molecule has 8 heteroatoms. The summed E-state index contributed by atoms with van der Waals surface area (Å²) in [5.41, 5.74) is 0. The van der Waals surface area contributed by atoms with Gasteiger partial charge in [0, 0.05) is 50.7 Å². The first-order chi connectivity index (χ1) is 14.6. The highest BCUT2D eigenvalue weighted by atomic mass is 35.5. The number of furan rings is 1. The second-order valence-electron chi connectivity index (χ2n) is 7.72. The van der Waals surface area contributed by atoms with Gasteiger partial charge in [0.2, 0.25) is 11.8 Å². The minimum atomic E-state index is -0.257. The van der Waals surface area contributed by atoms with Gasteiger partial charge in [-0.25, -0.2) is 0 Å². The highest BCUT2D eigenvalue weighted by Gasteiger charge is 2.37. The quantitative estimate of drug-likeness (QED) is 0.674. The smallest absolute Gasteiger partial charge is 0.228 e. The summed E-state index contributed by atoms with van der Waals surface area (Å²) in [4.78, 5) is 31.1. The van der Waals surface area contributed by atoms with Crippen molar-refractivity contribution in [3.63, 3.8) is 0 Å². The molecule has 0 saturated carbocycles. The molecule has 0 bridgehead atoms. The number of piperazine rings is 1. The molecule has 2 saturated heterocycles. The topological polar surface area (TPSA) is 66.2 Å². The molecule has 1 unspecified atom stereocenters. The van der Waals surface area contributed by atoms with Gasteiger partial charge in [-0.2, -0.15) is 0 Å². The molecule has 1 aromatic carbocycles. The van der Waals surface area contributed by atoms with E-state index in [9.17, 15) is 9.59 Å². The summed E-state index contributed by atoms with van der Waals surface area (Å²) in [6, 6.07) is 11.0. The number of carbonyl (C=O) groups is 2. The number of rotatable bonds is 7. The molecule has 0 radical (unpaired) electrons. The van der Waals surface area contributed by atoms with E-state index >= 15 is 0 Å². The van der Waals surface area contributed by atoms with Crippen LogP contribution in [-0.4, -0.2) is 72.4 Å². The molecule has 2 fully saturated rings. The predicted octanol–water partition coefficient (Wildman–Crippen LogP) is 2.50. The van der Waals surface area contributed by atoms with E-state index in [4.69, 9.17) is 20.8 Å². The molecule has 4 rings (SSSR count). The fourth-order valence-corrected chi connectivity index (χ4v) is 4.08. The van der Waals surface area contributed by atoms with Gasteiger partial charge in [0.05, 0.1) is 18.7 Å². The van der Waals surface area contributed by atoms with Crippen LogP contribution in [0.15, 0.2) is 47.1 Å². The maximum Gasteiger partial charge on any atom is 0.228 e. The Kier molecular flexibility index (Phi) is 6.59. The lowest BCUT2D eigenvalue weighted by molar-refractivity contribution is -0.137. The molecule has 0 spiro atoms. The highest BCUT2D eigenvalue weighted by molar-refractivity contribution is 6.30. The zero-order valence-electron chi connectivity index (χ0n) is 16.8. The number of hydrogen-bond donors (Lipinski definition) is 0. The average Bonchev–Trinajstić information content (AvgIpc) is 3.40. The molecule has 2 amide bonds. The van der Waals surface area contributed by atoms with Crippen LogP contribution in [0.2, 0.25) is 5.02 Å². The first-order valence-electron chi connectivity index (χ1n) is 10.3. The molecular formula is C22H26ClN3O4. The Hall–Kier alpha value is -2.51. The first-order valence-corrected chi connectivity index (χ1v) is 10.7. The predicted molar refractivity (Wildman–Crippen MR) is 112 cm³/mol. The second kappa shape index (κ2) is 9.53. The third-order valence-electron chi connectivity index (χ3n) is 5.66. The van der Waals surface area contributed by atoms with E-state index in [2.05, 4.69) is 4.90 Å². The molecule has 7 nitrogen and oxygen atoms in total. The Bertz CT molecular complexity index is 848. The lowest BCUT2D eigenvalue weighted by Crippen LogP contribution is -2.51. The number of likely N-dealkylation sites (tertiary alicyclic amines) is 1. The van der Waals surface area contributed by atoms with Crippen molar-refractivity contribution in [2.45, 2.75) is 13.0 Å². The second-order valence-corrected chi connectivity index (χ2v) is 8.16. The van der Waals surface area contributed by atoms with Gasteiger partial charge < -0.3 is 19.0 Å². The molecule has 2 aliphatic rings. The molecule has 3 heterocycles. The highest BCUT2D eigenvalue weighted by Crippen LogP contribution is 2.23. The maximum atomic E-state index is 12.9. The van der Waals surface area contributed by atoms with E-state index in [0.29, 0.717) is 37.8 Å². The summed E-state index contributed by atoms with van der Waals surface area (Å²) < 4.78 is 11.1. The van der Waals surface area contributed by atoms with E-state index in [1.807, 2.05) is 35.2 Å². The number of hydrogen-bond acceptors (Lipinski definition) is 5. The normalized spacial score (nSPS) is 20.0. The van der Waals surface area contributed by atoms with Crippen LogP contribution >= 0.6 is 11.6 Å². The molecular weight excluding hydrogens is 406 g/mol. The summed E-state index contributed by atoms with van der Waals surface area (Å²) >= 11 is 5.88. The maximum absolute atomic E-state index is 12.9. The summed E-state index contributed by atoms with van der Waals surface area (Å²) in [5, 5.41) is 0.691. The Morgan fingerprint density at radius 1 is 1.13 bits per heavy atom. The van der Waals surface area contributed by atoms with Crippen molar-refractivity contribution in [1.29, 1.82) is 0 Å². The van der Waals surface area contributed by atoms with Crippen LogP contribution in [0.25, 0.3) is 0 Å². The Balaban J connectivity index is 1.19. The zero-order valence-corrected chi connectivity index (χ0v) is 17.6. The van der Waals surface area contributed by atoms with Gasteiger partial charge in [0.1, 0.15) is 18.1 Å². The van der Waals surface area contributed by atoms with Crippen LogP contribution in [0.1, 0.15) is 12.2 Å². The lowest BCUT2D eigenvalue weighted by Gasteiger charge is -2.35. The first kappa shape index (κ1) is 20.8. The molecule has 160 valence electrons. The number of amides is 2. The van der Waals surface area contributed by atoms with Crippen LogP contribution < -0.4 is 4.74 Å². The van der Waals surface area contributed by atoms with Crippen molar-refractivity contribution in [2.24, 2.45) is 5.92 Å². The Morgan fingerprint density at radius 3 is 2.60 bits per heavy atom. The summed E-state index contributed by atoms with van der Waals surface area (Å²) in [6.07, 6.45) is 1.88. The average molecular weight is 432 g/mol. The van der Waals surface area contributed by atoms with Crippen LogP contribution in [0.5, 0.6) is 5.75 Å². The van der Waals surface area contributed by atoms with Crippen molar-refractivity contribution in [2.75, 3.05) is 45.9 Å². The molecule has 1 aromatic heterocycles. The minimum Gasteiger partial charge on any atom is -0.492 e. The molecule has 0 N–H and O–H groups in total. The van der Waals surface area contributed by atoms with E-state index in [0.717, 1.165) is 31.1 Å². The Morgan fingerprint density at radius 2 is 1.90 bits per heavy atom. The standard InChI is InChI=1S/C22H26ClN3O4/c23-18-3-5-19(6-4-18)30-13-11-24-7-9-25(10-8-24)22(28)17-14-21(27)26(15-17)16-20-2-1-12-29-20/h1-6,12,17H,7-11,13-16H2. The monoisotopic (exact) mass is 431 g/mol. The van der Waals surface area contributed by atoms with Crippen molar-refractivity contribution in [1.82, 2.24) is 14.7 Å². The number of halogens is 1. The lowest BCUT2D eigenvalue weighted by atomic mass is 10.1. The molecule has 1 atom stereocenters. The summed E-state index contributed by atoms with van der Waals surface area (Å²) in [6.45, 7) is 5.28. The van der Waals surface area contributed by atoms with Gasteiger partial charge >= 0.3 is 0 Å². The van der Waals surface area contributed by atoms with Gasteiger partial charge in [0.15, 0.2) is 0 Å². The van der Waals surface area contributed by atoms with E-state index in [-0.39, 0.29) is 24.2 Å². The number of carbonyl (C=O) groups excluding carboxylic acids is 2. The van der Waals surface area contributed by atoms with Gasteiger partial charge in [-0.05, 0) is 36.4 Å². The van der Waals surface area contributed by atoms with Crippen LogP contribution in [-0.2, 0) is 16.1 Å². The fourth-order valence-electron chi connectivity index (χ4n) is 3.95. The summed E-state index contributed by atoms with van der Waals surface area (Å²) in [7, 11) is 0. The van der Waals surface area contributed by atoms with Gasteiger partial charge in [-0.1, -0.05) is 11.6 Å². The van der Waals surface area contributed by atoms with E-state index < -0.39 is 0 Å². The van der Waals surface area contributed by atoms with Crippen LogP contribution in [0, 0.1) is 5.92 Å². The van der Waals surface area contributed by atoms with Crippen molar-refractivity contribution < 1.29 is 18.7 Å². The third kappa shape index (κ3) is 5.15. The molecule has 2 aromatic rings. The Labute approximate surface area is 181 Å². The molecule has 0 aliphatic carbocycles. The number of ether oxygens (including phenoxy) is 1. The zero-order chi connectivity index (χ0) is 20.9. The SMILES string of the molecule is O=C1CC(C(=O)N2CCN(CCOc3ccc(Cl)cc3)CC2)CN1Cc1ccco1. The van der Waals surface area contributed by atoms with E-state index in [1.54, 1.807) is 17.2 Å². The van der Waals surface area contributed by atoms with E-state index in [1.165, 1.54) is 0 Å². The summed E-state index contributed by atoms with van der Waals surface area (Å²) in [5.74, 6) is 1.39. The third-order valence-corrected chi connectivity index (χ3v) is 5.92. The van der Waals surface area contributed by atoms with Crippen molar-refractivity contribution in [3.05, 3.63) is 53.4 Å². The van der Waals surface area contributed by atoms with Crippen LogP contribution in [0.4, 0.5) is 0 Å². The van der Waals surface area contributed by atoms with Gasteiger partial charge in [-0.3, -0.25) is 14.5 Å².